The molecule has 0 atom stereocenters. The van der Waals surface area contributed by atoms with Gasteiger partial charge in [0.25, 0.3) is 0 Å². The average Bonchev–Trinajstić information content (AvgIpc) is 4.49. The Balaban J connectivity index is -0.000000117. The first-order valence-electron chi connectivity index (χ1n) is 29.1. The topological polar surface area (TPSA) is 142 Å². The van der Waals surface area contributed by atoms with Gasteiger partial charge in [-0.05, 0) is 77.8 Å². The van der Waals surface area contributed by atoms with Gasteiger partial charge in [0.05, 0.1) is 22.4 Å². The molecule has 8 aromatic rings. The van der Waals surface area contributed by atoms with Gasteiger partial charge in [-0.25, -0.2) is 15.0 Å². The van der Waals surface area contributed by atoms with Crippen molar-refractivity contribution in [1.29, 1.82) is 0 Å². The van der Waals surface area contributed by atoms with Crippen LogP contribution in [-0.4, -0.2) is 50.6 Å². The summed E-state index contributed by atoms with van der Waals surface area (Å²) < 4.78 is 13.9. The zero-order valence-electron chi connectivity index (χ0n) is 56.6. The monoisotopic (exact) mass is 1290 g/mol. The van der Waals surface area contributed by atoms with Crippen LogP contribution in [0.25, 0.3) is 0 Å². The molecule has 13 heteroatoms. The van der Waals surface area contributed by atoms with Crippen molar-refractivity contribution < 1.29 is 8.94 Å². The number of aliphatic imine (C=N–C) groups is 1. The van der Waals surface area contributed by atoms with Crippen molar-refractivity contribution in [1.82, 2.24) is 44.4 Å². The van der Waals surface area contributed by atoms with Crippen molar-refractivity contribution in [2.24, 2.45) is 16.3 Å². The second-order valence-corrected chi connectivity index (χ2v) is 29.5. The summed E-state index contributed by atoms with van der Waals surface area (Å²) in [5, 5.41) is 11.1. The molecule has 1 aromatic carbocycles. The lowest BCUT2D eigenvalue weighted by Crippen LogP contribution is -2.21. The summed E-state index contributed by atoms with van der Waals surface area (Å²) in [5.74, 6) is 2.67. The van der Waals surface area contributed by atoms with E-state index in [-0.39, 0.29) is 103 Å². The highest BCUT2D eigenvalue weighted by molar-refractivity contribution is 7.09. The summed E-state index contributed by atoms with van der Waals surface area (Å²) in [6.07, 6.45) is 25.3. The maximum Gasteiger partial charge on any atom is 0.199 e. The van der Waals surface area contributed by atoms with Gasteiger partial charge in [0.2, 0.25) is 0 Å². The van der Waals surface area contributed by atoms with Crippen molar-refractivity contribution in [2.75, 3.05) is 0 Å². The molecule has 0 unspecified atom stereocenters. The van der Waals surface area contributed by atoms with Crippen LogP contribution >= 0.6 is 11.3 Å². The Kier molecular flexibility index (Phi) is 55.9. The molecule has 0 aliphatic carbocycles. The summed E-state index contributed by atoms with van der Waals surface area (Å²) in [4.78, 5) is 23.9. The smallest absolute Gasteiger partial charge is 0.199 e. The molecule has 0 bridgehead atoms. The Hall–Kier alpha value is -6.47. The molecule has 0 fully saturated rings. The predicted molar refractivity (Wildman–Crippen MR) is 410 cm³/mol. The zero-order chi connectivity index (χ0) is 63.8. The van der Waals surface area contributed by atoms with Crippen LogP contribution in [0.15, 0.2) is 178 Å². The second-order valence-electron chi connectivity index (χ2n) is 28.6. The number of nitrogens with one attached hydrogen (secondary N) is 1. The standard InChI is InChI=1S/C9H13N.2C8H13N.2C7H12N2.2C7H11NO.C7H11NS.C6H6.C4H10.8CH4/c1-9(2,3)8-6-4-5-7-10-8;1-8(2,3)9-6-4-5-7-9;1-8(2,3)7-5-4-6-9-7;1-7(2,3)6-8-4-5-9-6;1-7(2,3)9-6-4-5-8-9;1-7(2,3)6-8-4-5-9-6;1-7(2,3)6-4-5-9-8-6;1-7(2,3)6-8-4-5-9-6;1-2-4-6-5-3-1;1-4(2)3;;;;;;;;/h4-7H,1-3H3;4-7H,1-3H3;5-6H,4H2,1-3H3;4-5H,1-3H3,(H,8,9);4-6H,1-3H3;3*4-5H,1-3H3;1-6H;4H,1-3H3;8*1H4. The maximum absolute atomic E-state index is 5.09. The van der Waals surface area contributed by atoms with Crippen molar-refractivity contribution in [2.45, 2.75) is 291 Å². The van der Waals surface area contributed by atoms with Gasteiger partial charge in [0.1, 0.15) is 18.4 Å². The van der Waals surface area contributed by atoms with Crippen molar-refractivity contribution in [3.63, 3.8) is 0 Å². The quantitative estimate of drug-likeness (QED) is 0.158. The summed E-state index contributed by atoms with van der Waals surface area (Å²) in [5.41, 5.74) is 4.72. The fourth-order valence-corrected chi connectivity index (χ4v) is 6.70. The first-order valence-corrected chi connectivity index (χ1v) is 29.9. The normalized spacial score (nSPS) is 11.1. The number of H-pyrrole nitrogens is 1. The molecule has 0 radical (unpaired) electrons. The summed E-state index contributed by atoms with van der Waals surface area (Å²) in [6.45, 7) is 57.9. The number of rotatable bonds is 0. The summed E-state index contributed by atoms with van der Waals surface area (Å²) >= 11 is 1.72. The number of benzene rings is 1. The van der Waals surface area contributed by atoms with E-state index in [9.17, 15) is 0 Å². The molecule has 7 aromatic heterocycles. The molecule has 0 spiro atoms. The van der Waals surface area contributed by atoms with Crippen LogP contribution in [0.2, 0.25) is 0 Å². The molecular formula is C78H144N10O2S. The van der Waals surface area contributed by atoms with Gasteiger partial charge in [0, 0.05) is 123 Å². The number of nitrogens with zero attached hydrogens (tertiary/aromatic N) is 9. The lowest BCUT2D eigenvalue weighted by Gasteiger charge is -2.20. The first kappa shape index (κ1) is 103. The predicted octanol–water partition coefficient (Wildman–Crippen LogP) is 25.2. The highest BCUT2D eigenvalue weighted by atomic mass is 32.1. The van der Waals surface area contributed by atoms with Gasteiger partial charge >= 0.3 is 0 Å². The number of allylic oxidation sites excluding steroid dienone is 2. The minimum Gasteiger partial charge on any atom is -0.448 e. The number of hydrogen-bond acceptors (Lipinski definition) is 10. The first-order chi connectivity index (χ1) is 38.1. The van der Waals surface area contributed by atoms with Gasteiger partial charge < -0.3 is 18.5 Å². The van der Waals surface area contributed by atoms with E-state index in [1.54, 1.807) is 42.5 Å². The lowest BCUT2D eigenvalue weighted by molar-refractivity contribution is 0.355. The van der Waals surface area contributed by atoms with Crippen molar-refractivity contribution >= 4 is 17.6 Å². The molecule has 0 saturated heterocycles. The molecular weight excluding hydrogens is 1140 g/mol. The third-order valence-corrected chi connectivity index (χ3v) is 11.8. The van der Waals surface area contributed by atoms with E-state index < -0.39 is 0 Å². The summed E-state index contributed by atoms with van der Waals surface area (Å²) in [6, 6.07) is 25.9. The van der Waals surface area contributed by atoms with Crippen LogP contribution in [0.1, 0.15) is 281 Å². The van der Waals surface area contributed by atoms with Crippen LogP contribution in [0.4, 0.5) is 0 Å². The zero-order valence-corrected chi connectivity index (χ0v) is 57.4. The minimum absolute atomic E-state index is 0. The number of aromatic amines is 1. The number of pyridine rings is 1. The third kappa shape index (κ3) is 50.8. The van der Waals surface area contributed by atoms with Crippen molar-refractivity contribution in [3.05, 3.63) is 192 Å². The lowest BCUT2D eigenvalue weighted by atomic mass is 9.92. The largest absolute Gasteiger partial charge is 0.448 e. The highest BCUT2D eigenvalue weighted by Gasteiger charge is 2.20. The summed E-state index contributed by atoms with van der Waals surface area (Å²) in [7, 11) is 0. The fourth-order valence-electron chi connectivity index (χ4n) is 5.97. The van der Waals surface area contributed by atoms with Crippen LogP contribution in [-0.2, 0) is 38.2 Å². The van der Waals surface area contributed by atoms with E-state index >= 15 is 0 Å². The van der Waals surface area contributed by atoms with Crippen LogP contribution in [0, 0.1) is 11.3 Å². The number of oxazole rings is 1. The average molecular weight is 1290 g/mol. The van der Waals surface area contributed by atoms with Crippen LogP contribution < -0.4 is 0 Å². The number of imidazole rings is 1. The van der Waals surface area contributed by atoms with Crippen LogP contribution in [0.5, 0.6) is 0 Å². The molecule has 0 saturated carbocycles. The van der Waals surface area contributed by atoms with Gasteiger partial charge in [-0.2, -0.15) is 5.10 Å². The van der Waals surface area contributed by atoms with E-state index in [0.29, 0.717) is 0 Å². The van der Waals surface area contributed by atoms with Gasteiger partial charge in [0.15, 0.2) is 5.89 Å². The van der Waals surface area contributed by atoms with E-state index in [4.69, 9.17) is 8.94 Å². The SMILES string of the molecule is C.C.C.C.C.C.C.C.CC(C)(C)C1=CCC=N1.CC(C)(C)c1ccccn1.CC(C)(C)c1ccon1.CC(C)(C)c1ncc[nH]1.CC(C)(C)c1ncco1.CC(C)(C)c1nccs1.CC(C)(C)n1cccc1.CC(C)(C)n1cccn1.CC(C)C.c1ccccc1. The van der Waals surface area contributed by atoms with Crippen LogP contribution in [0.3, 0.4) is 0 Å². The Bertz CT molecular complexity index is 2390. The van der Waals surface area contributed by atoms with E-state index in [2.05, 4.69) is 256 Å². The Morgan fingerprint density at radius 1 is 0.462 bits per heavy atom. The van der Waals surface area contributed by atoms with E-state index in [1.807, 2.05) is 114 Å². The number of hydrogen-bond donors (Lipinski definition) is 1. The molecule has 91 heavy (non-hydrogen) atoms. The fraction of sp³-hybridized carbons (Fsp3) is 0.577. The molecule has 0 amide bonds. The number of aromatic nitrogens is 9. The second kappa shape index (κ2) is 49.2. The number of thiazole rings is 1. The van der Waals surface area contributed by atoms with Gasteiger partial charge in [-0.15, -0.1) is 11.3 Å². The molecule has 1 aliphatic heterocycles. The van der Waals surface area contributed by atoms with E-state index in [0.717, 1.165) is 35.4 Å². The minimum atomic E-state index is 0. The molecule has 524 valence electrons. The molecule has 9 rings (SSSR count). The van der Waals surface area contributed by atoms with E-state index in [1.165, 1.54) is 10.7 Å². The third-order valence-electron chi connectivity index (χ3n) is 10.6. The van der Waals surface area contributed by atoms with Crippen molar-refractivity contribution in [3.8, 4) is 0 Å². The maximum atomic E-state index is 5.09. The molecule has 8 heterocycles. The molecule has 1 N–H and O–H groups in total. The van der Waals surface area contributed by atoms with Gasteiger partial charge in [-0.1, -0.05) is 259 Å². The Morgan fingerprint density at radius 3 is 1.18 bits per heavy atom. The van der Waals surface area contributed by atoms with Gasteiger partial charge in [-0.3, -0.25) is 14.7 Å². The Morgan fingerprint density at radius 2 is 0.978 bits per heavy atom. The Labute approximate surface area is 567 Å². The highest BCUT2D eigenvalue weighted by Crippen LogP contribution is 2.28. The molecule has 12 nitrogen and oxygen atoms in total. The molecule has 1 aliphatic rings.